The van der Waals surface area contributed by atoms with E-state index in [2.05, 4.69) is 47.4 Å². The molecule has 1 aliphatic carbocycles. The van der Waals surface area contributed by atoms with Gasteiger partial charge in [-0.25, -0.2) is 4.79 Å². The molecule has 4 heteroatoms. The van der Waals surface area contributed by atoms with Gasteiger partial charge in [-0.2, -0.15) is 0 Å². The maximum absolute atomic E-state index is 11.4. The molecule has 1 aromatic heterocycles. The second-order valence-corrected chi connectivity index (χ2v) is 7.91. The summed E-state index contributed by atoms with van der Waals surface area (Å²) in [7, 11) is 0. The molecule has 4 rings (SSSR count). The number of carboxylic acid groups (broad SMARTS) is 1. The minimum Gasteiger partial charge on any atom is -0.493 e. The quantitative estimate of drug-likeness (QED) is 0.545. The fourth-order valence-electron chi connectivity index (χ4n) is 4.38. The molecule has 0 bridgehead atoms. The van der Waals surface area contributed by atoms with Gasteiger partial charge in [0.05, 0.1) is 12.2 Å². The number of carbonyl (C=O) groups is 1. The van der Waals surface area contributed by atoms with Crippen molar-refractivity contribution in [3.8, 4) is 5.75 Å². The largest absolute Gasteiger partial charge is 0.493 e. The van der Waals surface area contributed by atoms with Gasteiger partial charge in [0.2, 0.25) is 0 Å². The molecule has 0 amide bonds. The Kier molecular flexibility index (Phi) is 6.43. The third-order valence-corrected chi connectivity index (χ3v) is 5.95. The van der Waals surface area contributed by atoms with Gasteiger partial charge in [0, 0.05) is 18.8 Å². The molecule has 3 aromatic rings. The zero-order chi connectivity index (χ0) is 20.8. The van der Waals surface area contributed by atoms with E-state index in [0.717, 1.165) is 49.8 Å². The summed E-state index contributed by atoms with van der Waals surface area (Å²) in [6.07, 6.45) is 9.18. The van der Waals surface area contributed by atoms with Crippen molar-refractivity contribution in [1.82, 2.24) is 4.98 Å². The lowest BCUT2D eigenvalue weighted by Gasteiger charge is -2.26. The smallest absolute Gasteiger partial charge is 0.336 e. The third-order valence-electron chi connectivity index (χ3n) is 5.95. The summed E-state index contributed by atoms with van der Waals surface area (Å²) >= 11 is 0. The lowest BCUT2D eigenvalue weighted by molar-refractivity contribution is 0.0695. The second kappa shape index (κ2) is 9.57. The van der Waals surface area contributed by atoms with Crippen molar-refractivity contribution in [2.75, 3.05) is 6.61 Å². The first kappa shape index (κ1) is 20.1. The average molecular weight is 402 g/mol. The van der Waals surface area contributed by atoms with Crippen molar-refractivity contribution in [2.45, 2.75) is 44.4 Å². The number of nitrogens with zero attached hydrogens (tertiary/aromatic N) is 1. The highest BCUT2D eigenvalue weighted by Gasteiger charge is 2.21. The second-order valence-electron chi connectivity index (χ2n) is 7.91. The number of rotatable bonds is 8. The molecule has 154 valence electrons. The van der Waals surface area contributed by atoms with Crippen molar-refractivity contribution in [1.29, 1.82) is 0 Å². The van der Waals surface area contributed by atoms with Gasteiger partial charge in [-0.05, 0) is 78.5 Å². The molecular formula is C26H27NO3. The Bertz CT molecular complexity index is 1000. The highest BCUT2D eigenvalue weighted by Crippen LogP contribution is 2.36. The van der Waals surface area contributed by atoms with Gasteiger partial charge in [-0.3, -0.25) is 4.98 Å². The Morgan fingerprint density at radius 2 is 1.97 bits per heavy atom. The predicted molar refractivity (Wildman–Crippen MR) is 117 cm³/mol. The summed E-state index contributed by atoms with van der Waals surface area (Å²) in [6, 6.07) is 18.5. The Balaban J connectivity index is 1.39. The first-order valence-corrected chi connectivity index (χ1v) is 10.7. The maximum Gasteiger partial charge on any atom is 0.336 e. The minimum absolute atomic E-state index is 0.364. The molecule has 1 heterocycles. The Hall–Kier alpha value is -3.14. The monoisotopic (exact) mass is 401 g/mol. The van der Waals surface area contributed by atoms with Gasteiger partial charge in [-0.1, -0.05) is 36.4 Å². The number of aryl methyl sites for hydroxylation is 2. The summed E-state index contributed by atoms with van der Waals surface area (Å²) in [5.41, 5.74) is 5.22. The molecule has 1 N–H and O–H groups in total. The van der Waals surface area contributed by atoms with Crippen LogP contribution < -0.4 is 4.74 Å². The van der Waals surface area contributed by atoms with E-state index in [9.17, 15) is 9.90 Å². The van der Waals surface area contributed by atoms with Crippen LogP contribution in [0.25, 0.3) is 0 Å². The lowest BCUT2D eigenvalue weighted by Crippen LogP contribution is -2.12. The maximum atomic E-state index is 11.4. The number of aromatic nitrogens is 1. The van der Waals surface area contributed by atoms with Crippen LogP contribution in [0.5, 0.6) is 5.75 Å². The molecule has 0 fully saturated rings. The summed E-state index contributed by atoms with van der Waals surface area (Å²) in [5, 5.41) is 9.39. The van der Waals surface area contributed by atoms with Crippen LogP contribution in [0.15, 0.2) is 67.0 Å². The lowest BCUT2D eigenvalue weighted by atomic mass is 9.79. The first-order valence-electron chi connectivity index (χ1n) is 10.7. The summed E-state index contributed by atoms with van der Waals surface area (Å²) in [5.74, 6) is 0.508. The molecule has 30 heavy (non-hydrogen) atoms. The van der Waals surface area contributed by atoms with Crippen LogP contribution in [-0.4, -0.2) is 22.7 Å². The van der Waals surface area contributed by atoms with Crippen molar-refractivity contribution in [3.63, 3.8) is 0 Å². The number of ether oxygens (including phenoxy) is 1. The van der Waals surface area contributed by atoms with Crippen LogP contribution >= 0.6 is 0 Å². The molecule has 0 saturated heterocycles. The van der Waals surface area contributed by atoms with Crippen molar-refractivity contribution in [3.05, 3.63) is 94.8 Å². The van der Waals surface area contributed by atoms with Crippen LogP contribution in [0.1, 0.15) is 57.8 Å². The van der Waals surface area contributed by atoms with Crippen LogP contribution in [-0.2, 0) is 19.3 Å². The summed E-state index contributed by atoms with van der Waals surface area (Å²) in [6.45, 7) is 0.672. The van der Waals surface area contributed by atoms with Gasteiger partial charge in [0.1, 0.15) is 5.75 Å². The molecule has 0 radical (unpaired) electrons. The van der Waals surface area contributed by atoms with Crippen LogP contribution in [0.4, 0.5) is 0 Å². The zero-order valence-electron chi connectivity index (χ0n) is 17.1. The average Bonchev–Trinajstić information content (AvgIpc) is 2.78. The van der Waals surface area contributed by atoms with Gasteiger partial charge >= 0.3 is 5.97 Å². The number of hydrogen-bond acceptors (Lipinski definition) is 3. The molecule has 0 spiro atoms. The Morgan fingerprint density at radius 3 is 2.80 bits per heavy atom. The Labute approximate surface area is 177 Å². The molecule has 0 saturated carbocycles. The number of aromatic carboxylic acids is 1. The molecule has 4 nitrogen and oxygen atoms in total. The van der Waals surface area contributed by atoms with Crippen LogP contribution in [0.2, 0.25) is 0 Å². The van der Waals surface area contributed by atoms with Gasteiger partial charge < -0.3 is 9.84 Å². The fourth-order valence-corrected chi connectivity index (χ4v) is 4.38. The van der Waals surface area contributed by atoms with E-state index in [0.29, 0.717) is 18.1 Å². The van der Waals surface area contributed by atoms with Crippen molar-refractivity contribution >= 4 is 5.97 Å². The van der Waals surface area contributed by atoms with Crippen molar-refractivity contribution < 1.29 is 14.6 Å². The normalized spacial score (nSPS) is 15.4. The molecule has 1 aliphatic rings. The third kappa shape index (κ3) is 4.88. The summed E-state index contributed by atoms with van der Waals surface area (Å²) < 4.78 is 6.01. The van der Waals surface area contributed by atoms with Gasteiger partial charge in [-0.15, -0.1) is 0 Å². The molecule has 1 atom stereocenters. The highest BCUT2D eigenvalue weighted by molar-refractivity contribution is 5.89. The summed E-state index contributed by atoms with van der Waals surface area (Å²) in [4.78, 5) is 15.6. The van der Waals surface area contributed by atoms with E-state index in [1.54, 1.807) is 18.5 Å². The first-order chi connectivity index (χ1) is 14.7. The standard InChI is InChI=1S/C26H27NO3/c28-26(29)25-13-15-27-18-22(25)10-9-20-7-4-8-21-17-23(11-12-24(20)21)30-16-14-19-5-2-1-3-6-19/h1-3,5-6,11-13,15,17-18,20H,4,7-10,14,16H2,(H,28,29). The topological polar surface area (TPSA) is 59.4 Å². The molecular weight excluding hydrogens is 374 g/mol. The van der Waals surface area contributed by atoms with Crippen molar-refractivity contribution in [2.24, 2.45) is 0 Å². The Morgan fingerprint density at radius 1 is 1.10 bits per heavy atom. The SMILES string of the molecule is O=C(O)c1ccncc1CCC1CCCc2cc(OCCc3ccccc3)ccc21. The molecule has 1 unspecified atom stereocenters. The van der Waals surface area contributed by atoms with Crippen LogP contribution in [0, 0.1) is 0 Å². The minimum atomic E-state index is -0.881. The van der Waals surface area contributed by atoms with Crippen LogP contribution in [0.3, 0.4) is 0 Å². The van der Waals surface area contributed by atoms with E-state index < -0.39 is 5.97 Å². The number of benzene rings is 2. The predicted octanol–water partition coefficient (Wildman–Crippen LogP) is 5.45. The number of hydrogen-bond donors (Lipinski definition) is 1. The van der Waals surface area contributed by atoms with E-state index in [4.69, 9.17) is 4.74 Å². The molecule has 2 aromatic carbocycles. The molecule has 0 aliphatic heterocycles. The van der Waals surface area contributed by atoms with E-state index in [1.165, 1.54) is 16.7 Å². The van der Waals surface area contributed by atoms with Gasteiger partial charge in [0.15, 0.2) is 0 Å². The van der Waals surface area contributed by atoms with E-state index in [1.807, 2.05) is 6.07 Å². The number of pyridine rings is 1. The fraction of sp³-hybridized carbons (Fsp3) is 0.308. The number of fused-ring (bicyclic) bond motifs is 1. The highest BCUT2D eigenvalue weighted by atomic mass is 16.5. The van der Waals surface area contributed by atoms with E-state index in [-0.39, 0.29) is 0 Å². The van der Waals surface area contributed by atoms with E-state index >= 15 is 0 Å². The zero-order valence-corrected chi connectivity index (χ0v) is 17.1. The number of carboxylic acids is 1. The van der Waals surface area contributed by atoms with Gasteiger partial charge in [0.25, 0.3) is 0 Å².